The number of carbonyl (C=O) groups is 3. The first-order valence-electron chi connectivity index (χ1n) is 7.06. The molecule has 0 saturated carbocycles. The SMILES string of the molecule is CC(=O)O[C@H](CC(=O)O)C[N+](C)(C)C.O=C(O)c1cc(=O)[nH]c(=O)[nH]1. The molecule has 1 atom stereocenters. The van der Waals surface area contributed by atoms with Gasteiger partial charge < -0.3 is 24.4 Å². The smallest absolute Gasteiger partial charge is 0.352 e. The summed E-state index contributed by atoms with van der Waals surface area (Å²) in [5.74, 6) is -2.73. The Morgan fingerprint density at radius 2 is 1.72 bits per heavy atom. The third-order valence-electron chi connectivity index (χ3n) is 2.48. The second kappa shape index (κ2) is 9.37. The van der Waals surface area contributed by atoms with Crippen molar-refractivity contribution in [3.63, 3.8) is 0 Å². The number of hydrogen-bond acceptors (Lipinski definition) is 6. The third-order valence-corrected chi connectivity index (χ3v) is 2.48. The van der Waals surface area contributed by atoms with Crippen molar-refractivity contribution in [2.45, 2.75) is 19.4 Å². The number of carbonyl (C=O) groups excluding carboxylic acids is 1. The Labute approximate surface area is 142 Å². The fraction of sp³-hybridized carbons (Fsp3) is 0.500. The van der Waals surface area contributed by atoms with Gasteiger partial charge in [0.05, 0.1) is 27.6 Å². The van der Waals surface area contributed by atoms with Crippen LogP contribution in [-0.2, 0) is 14.3 Å². The topological polar surface area (TPSA) is 167 Å². The van der Waals surface area contributed by atoms with E-state index in [0.29, 0.717) is 11.0 Å². The maximum atomic E-state index is 10.7. The summed E-state index contributed by atoms with van der Waals surface area (Å²) in [5.41, 5.74) is -1.97. The molecule has 0 amide bonds. The van der Waals surface area contributed by atoms with Crippen molar-refractivity contribution >= 4 is 17.9 Å². The summed E-state index contributed by atoms with van der Waals surface area (Å²) in [6.45, 7) is 1.77. The Bertz CT molecular complexity index is 684. The van der Waals surface area contributed by atoms with Crippen molar-refractivity contribution in [1.29, 1.82) is 0 Å². The molecule has 1 aromatic heterocycles. The number of carboxylic acid groups (broad SMARTS) is 2. The zero-order valence-corrected chi connectivity index (χ0v) is 14.4. The van der Waals surface area contributed by atoms with Crippen molar-refractivity contribution in [3.8, 4) is 0 Å². The molecular formula is C14H22N3O8+. The predicted molar refractivity (Wildman–Crippen MR) is 85.3 cm³/mol. The molecule has 0 spiro atoms. The van der Waals surface area contributed by atoms with Gasteiger partial charge in [-0.3, -0.25) is 19.4 Å². The van der Waals surface area contributed by atoms with Crippen LogP contribution in [0.25, 0.3) is 0 Å². The number of hydrogen-bond donors (Lipinski definition) is 4. The fourth-order valence-corrected chi connectivity index (χ4v) is 1.77. The summed E-state index contributed by atoms with van der Waals surface area (Å²) in [5, 5.41) is 16.9. The zero-order valence-electron chi connectivity index (χ0n) is 14.4. The molecule has 0 radical (unpaired) electrons. The van der Waals surface area contributed by atoms with E-state index in [9.17, 15) is 24.0 Å². The number of ether oxygens (including phenoxy) is 1. The third kappa shape index (κ3) is 11.3. The van der Waals surface area contributed by atoms with E-state index in [-0.39, 0.29) is 6.42 Å². The van der Waals surface area contributed by atoms with E-state index in [1.54, 1.807) is 0 Å². The summed E-state index contributed by atoms with van der Waals surface area (Å²) < 4.78 is 5.46. The summed E-state index contributed by atoms with van der Waals surface area (Å²) >= 11 is 0. The molecule has 0 aliphatic heterocycles. The van der Waals surface area contributed by atoms with Crippen molar-refractivity contribution in [3.05, 3.63) is 32.6 Å². The van der Waals surface area contributed by atoms with Crippen LogP contribution in [0.1, 0.15) is 23.8 Å². The van der Waals surface area contributed by atoms with Crippen LogP contribution < -0.4 is 11.2 Å². The minimum Gasteiger partial charge on any atom is -0.481 e. The van der Waals surface area contributed by atoms with E-state index in [0.717, 1.165) is 6.07 Å². The minimum atomic E-state index is -1.34. The van der Waals surface area contributed by atoms with Crippen LogP contribution >= 0.6 is 0 Å². The van der Waals surface area contributed by atoms with Crippen LogP contribution in [0.15, 0.2) is 15.7 Å². The minimum absolute atomic E-state index is 0.144. The lowest BCUT2D eigenvalue weighted by Crippen LogP contribution is -2.43. The van der Waals surface area contributed by atoms with Gasteiger partial charge in [-0.15, -0.1) is 0 Å². The van der Waals surface area contributed by atoms with Crippen LogP contribution in [-0.4, -0.2) is 76.4 Å². The van der Waals surface area contributed by atoms with Crippen molar-refractivity contribution in [2.75, 3.05) is 27.7 Å². The summed E-state index contributed by atoms with van der Waals surface area (Å²) in [4.78, 5) is 56.1. The van der Waals surface area contributed by atoms with Gasteiger partial charge in [0.2, 0.25) is 0 Å². The number of H-pyrrole nitrogens is 2. The van der Waals surface area contributed by atoms with Gasteiger partial charge in [0, 0.05) is 13.0 Å². The monoisotopic (exact) mass is 360 g/mol. The maximum Gasteiger partial charge on any atom is 0.352 e. The molecule has 0 aliphatic carbocycles. The van der Waals surface area contributed by atoms with Gasteiger partial charge in [0.15, 0.2) is 6.10 Å². The van der Waals surface area contributed by atoms with E-state index in [4.69, 9.17) is 14.9 Å². The van der Waals surface area contributed by atoms with Gasteiger partial charge >= 0.3 is 23.6 Å². The molecular weight excluding hydrogens is 338 g/mol. The Balaban J connectivity index is 0.000000472. The lowest BCUT2D eigenvalue weighted by molar-refractivity contribution is -0.873. The predicted octanol–water partition coefficient (Wildman–Crippen LogP) is -1.14. The number of nitrogens with zero attached hydrogens (tertiary/aromatic N) is 1. The Morgan fingerprint density at radius 1 is 1.16 bits per heavy atom. The number of aliphatic carboxylic acids is 1. The molecule has 140 valence electrons. The number of esters is 1. The molecule has 0 aliphatic rings. The second-order valence-corrected chi connectivity index (χ2v) is 6.11. The van der Waals surface area contributed by atoms with Crippen LogP contribution in [0.5, 0.6) is 0 Å². The van der Waals surface area contributed by atoms with Crippen LogP contribution in [0.3, 0.4) is 0 Å². The van der Waals surface area contributed by atoms with Gasteiger partial charge in [-0.2, -0.15) is 0 Å². The first kappa shape index (κ1) is 22.1. The number of nitrogens with one attached hydrogen (secondary N) is 2. The normalized spacial score (nSPS) is 11.7. The van der Waals surface area contributed by atoms with Crippen molar-refractivity contribution in [1.82, 2.24) is 9.97 Å². The Hall–Kier alpha value is -2.95. The molecule has 11 heteroatoms. The highest BCUT2D eigenvalue weighted by Gasteiger charge is 2.23. The molecule has 0 fully saturated rings. The van der Waals surface area contributed by atoms with E-state index in [2.05, 4.69) is 0 Å². The van der Waals surface area contributed by atoms with E-state index in [1.807, 2.05) is 31.1 Å². The Morgan fingerprint density at radius 3 is 2.08 bits per heavy atom. The van der Waals surface area contributed by atoms with E-state index in [1.165, 1.54) is 6.92 Å². The molecule has 0 bridgehead atoms. The average Bonchev–Trinajstić information content (AvgIpc) is 2.34. The van der Waals surface area contributed by atoms with Crippen LogP contribution in [0.2, 0.25) is 0 Å². The lowest BCUT2D eigenvalue weighted by Gasteiger charge is -2.28. The molecule has 1 aromatic rings. The van der Waals surface area contributed by atoms with E-state index < -0.39 is 41.0 Å². The number of rotatable bonds is 6. The number of carboxylic acids is 2. The number of aromatic carboxylic acids is 1. The van der Waals surface area contributed by atoms with E-state index >= 15 is 0 Å². The van der Waals surface area contributed by atoms with Gasteiger partial charge in [0.25, 0.3) is 5.56 Å². The highest BCUT2D eigenvalue weighted by Crippen LogP contribution is 2.04. The average molecular weight is 360 g/mol. The summed E-state index contributed by atoms with van der Waals surface area (Å²) in [7, 11) is 5.75. The second-order valence-electron chi connectivity index (χ2n) is 6.11. The molecule has 0 aromatic carbocycles. The van der Waals surface area contributed by atoms with Gasteiger partial charge in [-0.05, 0) is 0 Å². The highest BCUT2D eigenvalue weighted by atomic mass is 16.5. The quantitative estimate of drug-likeness (QED) is 0.365. The summed E-state index contributed by atoms with van der Waals surface area (Å²) in [6, 6.07) is 0.795. The summed E-state index contributed by atoms with van der Waals surface area (Å²) in [6.07, 6.45) is -0.695. The zero-order chi connectivity index (χ0) is 19.8. The fourth-order valence-electron chi connectivity index (χ4n) is 1.77. The standard InChI is InChI=1S/C9H17NO4.C5H4N2O4/c1-7(11)14-8(5-9(12)13)6-10(2,3)4;8-3-1-2(4(9)10)6-5(11)7-3/h8H,5-6H2,1-4H3;1H,(H,9,10)(H2,6,7,8,11)/p+1/t8-;/m1./s1. The van der Waals surface area contributed by atoms with Crippen molar-refractivity contribution < 1.29 is 33.8 Å². The first-order valence-corrected chi connectivity index (χ1v) is 7.06. The highest BCUT2D eigenvalue weighted by molar-refractivity contribution is 5.84. The molecule has 11 nitrogen and oxygen atoms in total. The maximum absolute atomic E-state index is 10.7. The largest absolute Gasteiger partial charge is 0.481 e. The molecule has 1 heterocycles. The molecule has 0 saturated heterocycles. The number of aromatic amines is 2. The Kier molecular flexibility index (Phi) is 8.27. The first-order chi connectivity index (χ1) is 11.3. The number of aromatic nitrogens is 2. The van der Waals surface area contributed by atoms with Crippen LogP contribution in [0, 0.1) is 0 Å². The molecule has 25 heavy (non-hydrogen) atoms. The molecule has 4 N–H and O–H groups in total. The van der Waals surface area contributed by atoms with Crippen molar-refractivity contribution in [2.24, 2.45) is 0 Å². The lowest BCUT2D eigenvalue weighted by atomic mass is 10.2. The van der Waals surface area contributed by atoms with Gasteiger partial charge in [-0.25, -0.2) is 9.59 Å². The molecule has 1 rings (SSSR count). The number of quaternary nitrogens is 1. The van der Waals surface area contributed by atoms with Crippen LogP contribution in [0.4, 0.5) is 0 Å². The molecule has 0 unspecified atom stereocenters. The van der Waals surface area contributed by atoms with Gasteiger partial charge in [-0.1, -0.05) is 0 Å². The van der Waals surface area contributed by atoms with Gasteiger partial charge in [0.1, 0.15) is 12.2 Å². The number of likely N-dealkylation sites (N-methyl/N-ethyl adjacent to an activating group) is 1.